The molecule has 144 valence electrons. The van der Waals surface area contributed by atoms with Crippen molar-refractivity contribution >= 4 is 41.5 Å². The van der Waals surface area contributed by atoms with Crippen LogP contribution in [-0.4, -0.2) is 36.4 Å². The molecule has 0 aromatic heterocycles. The molecule has 27 heavy (non-hydrogen) atoms. The van der Waals surface area contributed by atoms with Gasteiger partial charge in [-0.2, -0.15) is 0 Å². The molecule has 1 heterocycles. The second-order valence-corrected chi connectivity index (χ2v) is 6.54. The van der Waals surface area contributed by atoms with Crippen LogP contribution in [0, 0.1) is 0 Å². The van der Waals surface area contributed by atoms with E-state index in [0.717, 1.165) is 5.56 Å². The molecule has 2 aromatic rings. The number of nitrogens with one attached hydrogen (secondary N) is 1. The van der Waals surface area contributed by atoms with E-state index in [1.807, 2.05) is 30.3 Å². The third-order valence-electron chi connectivity index (χ3n) is 4.38. The summed E-state index contributed by atoms with van der Waals surface area (Å²) in [6, 6.07) is 12.1. The summed E-state index contributed by atoms with van der Waals surface area (Å²) >= 11 is 6.01. The van der Waals surface area contributed by atoms with Gasteiger partial charge in [0.2, 0.25) is 5.91 Å². The minimum atomic E-state index is -0.563. The Bertz CT molecular complexity index is 830. The predicted octanol–water partition coefficient (Wildman–Crippen LogP) is 2.88. The average molecular weight is 410 g/mol. The van der Waals surface area contributed by atoms with E-state index < -0.39 is 11.9 Å². The molecule has 1 aliphatic heterocycles. The second kappa shape index (κ2) is 8.97. The zero-order valence-corrected chi connectivity index (χ0v) is 16.3. The summed E-state index contributed by atoms with van der Waals surface area (Å²) in [5, 5.41) is 3.04. The molecule has 0 saturated carbocycles. The first kappa shape index (κ1) is 20.9. The maximum Gasteiger partial charge on any atom is 0.255 e. The third kappa shape index (κ3) is 4.64. The minimum Gasteiger partial charge on any atom is -0.496 e. The van der Waals surface area contributed by atoms with Crippen LogP contribution >= 0.6 is 24.0 Å². The number of benzene rings is 2. The van der Waals surface area contributed by atoms with Crippen LogP contribution in [0.1, 0.15) is 22.3 Å². The van der Waals surface area contributed by atoms with Crippen molar-refractivity contribution in [3.8, 4) is 5.75 Å². The van der Waals surface area contributed by atoms with Crippen molar-refractivity contribution in [3.63, 3.8) is 0 Å². The Morgan fingerprint density at radius 2 is 2.04 bits per heavy atom. The highest BCUT2D eigenvalue weighted by Crippen LogP contribution is 2.29. The number of nitrogens with zero attached hydrogens (tertiary/aromatic N) is 1. The smallest absolute Gasteiger partial charge is 0.255 e. The fourth-order valence-electron chi connectivity index (χ4n) is 2.99. The van der Waals surface area contributed by atoms with Crippen molar-refractivity contribution in [3.05, 3.63) is 58.6 Å². The van der Waals surface area contributed by atoms with E-state index in [1.165, 1.54) is 19.2 Å². The molecule has 1 atom stereocenters. The van der Waals surface area contributed by atoms with Gasteiger partial charge in [0.25, 0.3) is 5.91 Å². The van der Waals surface area contributed by atoms with Gasteiger partial charge in [-0.1, -0.05) is 41.9 Å². The normalized spacial score (nSPS) is 16.0. The summed E-state index contributed by atoms with van der Waals surface area (Å²) in [6.45, 7) is 1.13. The van der Waals surface area contributed by atoms with E-state index in [0.29, 0.717) is 30.9 Å². The van der Waals surface area contributed by atoms with Crippen LogP contribution in [0.2, 0.25) is 5.02 Å². The number of hydrogen-bond acceptors (Lipinski definition) is 4. The number of anilines is 1. The summed E-state index contributed by atoms with van der Waals surface area (Å²) in [6.07, 6.45) is 0.558. The maximum atomic E-state index is 12.6. The van der Waals surface area contributed by atoms with Gasteiger partial charge in [0, 0.05) is 19.2 Å². The van der Waals surface area contributed by atoms with Crippen LogP contribution in [0.5, 0.6) is 5.75 Å². The first-order valence-electron chi connectivity index (χ1n) is 8.26. The summed E-state index contributed by atoms with van der Waals surface area (Å²) in [7, 11) is 1.45. The third-order valence-corrected chi connectivity index (χ3v) is 4.71. The topological polar surface area (TPSA) is 84.7 Å². The quantitative estimate of drug-likeness (QED) is 0.743. The fraction of sp³-hybridized carbons (Fsp3) is 0.263. The number of hydrogen-bond donors (Lipinski definition) is 2. The lowest BCUT2D eigenvalue weighted by molar-refractivity contribution is -0.129. The molecule has 3 N–H and O–H groups in total. The van der Waals surface area contributed by atoms with E-state index in [9.17, 15) is 9.59 Å². The van der Waals surface area contributed by atoms with E-state index in [4.69, 9.17) is 22.1 Å². The van der Waals surface area contributed by atoms with Gasteiger partial charge in [-0.05, 0) is 18.1 Å². The summed E-state index contributed by atoms with van der Waals surface area (Å²) in [4.78, 5) is 26.9. The van der Waals surface area contributed by atoms with Gasteiger partial charge < -0.3 is 20.7 Å². The van der Waals surface area contributed by atoms with E-state index in [1.54, 1.807) is 4.90 Å². The monoisotopic (exact) mass is 409 g/mol. The average Bonchev–Trinajstić information content (AvgIpc) is 2.97. The van der Waals surface area contributed by atoms with Crippen molar-refractivity contribution in [1.29, 1.82) is 0 Å². The van der Waals surface area contributed by atoms with Crippen molar-refractivity contribution in [2.75, 3.05) is 19.4 Å². The van der Waals surface area contributed by atoms with E-state index in [2.05, 4.69) is 5.32 Å². The molecule has 8 heteroatoms. The number of rotatable bonds is 5. The minimum absolute atomic E-state index is 0. The molecule has 1 saturated heterocycles. The largest absolute Gasteiger partial charge is 0.496 e. The highest BCUT2D eigenvalue weighted by molar-refractivity contribution is 6.33. The van der Waals surface area contributed by atoms with Crippen molar-refractivity contribution < 1.29 is 14.3 Å². The Labute approximate surface area is 169 Å². The summed E-state index contributed by atoms with van der Waals surface area (Å²) in [5.41, 5.74) is 7.37. The first-order chi connectivity index (χ1) is 12.5. The van der Waals surface area contributed by atoms with E-state index >= 15 is 0 Å². The van der Waals surface area contributed by atoms with Crippen LogP contribution in [0.15, 0.2) is 42.5 Å². The van der Waals surface area contributed by atoms with Crippen LogP contribution in [-0.2, 0) is 11.3 Å². The summed E-state index contributed by atoms with van der Waals surface area (Å²) < 4.78 is 5.20. The van der Waals surface area contributed by atoms with Gasteiger partial charge in [0.1, 0.15) is 11.8 Å². The Kier molecular flexibility index (Phi) is 6.93. The number of methoxy groups -OCH3 is 1. The van der Waals surface area contributed by atoms with Crippen LogP contribution in [0.25, 0.3) is 0 Å². The van der Waals surface area contributed by atoms with Crippen molar-refractivity contribution in [2.45, 2.75) is 19.0 Å². The molecule has 2 aromatic carbocycles. The Morgan fingerprint density at radius 3 is 2.70 bits per heavy atom. The zero-order chi connectivity index (χ0) is 18.7. The maximum absolute atomic E-state index is 12.6. The number of carbonyl (C=O) groups is 2. The van der Waals surface area contributed by atoms with Gasteiger partial charge in [-0.15, -0.1) is 12.4 Å². The Balaban J connectivity index is 0.00000261. The van der Waals surface area contributed by atoms with E-state index in [-0.39, 0.29) is 28.9 Å². The molecule has 0 radical (unpaired) electrons. The lowest BCUT2D eigenvalue weighted by atomic mass is 10.1. The lowest BCUT2D eigenvalue weighted by Crippen LogP contribution is -2.41. The molecule has 0 spiro atoms. The molecule has 6 nitrogen and oxygen atoms in total. The Hall–Kier alpha value is -2.44. The van der Waals surface area contributed by atoms with Gasteiger partial charge in [-0.3, -0.25) is 9.59 Å². The van der Waals surface area contributed by atoms with Crippen molar-refractivity contribution in [1.82, 2.24) is 10.2 Å². The Morgan fingerprint density at radius 1 is 1.33 bits per heavy atom. The number of nitrogens with two attached hydrogens (primary N) is 1. The SMILES string of the molecule is COc1cc(N)c(Cl)cc1C(=O)NC1CCN(Cc2ccccc2)C1=O.Cl. The number of carbonyl (C=O) groups excluding carboxylic acids is 2. The van der Waals surface area contributed by atoms with Crippen LogP contribution in [0.3, 0.4) is 0 Å². The number of ether oxygens (including phenoxy) is 1. The van der Waals surface area contributed by atoms with Gasteiger partial charge in [0.05, 0.1) is 23.4 Å². The van der Waals surface area contributed by atoms with Crippen molar-refractivity contribution in [2.24, 2.45) is 0 Å². The molecule has 1 unspecified atom stereocenters. The predicted molar refractivity (Wildman–Crippen MR) is 107 cm³/mol. The molecular weight excluding hydrogens is 389 g/mol. The van der Waals surface area contributed by atoms with Gasteiger partial charge in [-0.25, -0.2) is 0 Å². The molecule has 0 aliphatic carbocycles. The number of likely N-dealkylation sites (tertiary alicyclic amines) is 1. The highest BCUT2D eigenvalue weighted by atomic mass is 35.5. The molecule has 1 aliphatic rings. The molecule has 3 rings (SSSR count). The van der Waals surface area contributed by atoms with Gasteiger partial charge >= 0.3 is 0 Å². The standard InChI is InChI=1S/C19H20ClN3O3.ClH/c1-26-17-10-15(21)14(20)9-13(17)18(24)22-16-7-8-23(19(16)25)11-12-5-3-2-4-6-12;/h2-6,9-10,16H,7-8,11,21H2,1H3,(H,22,24);1H. The number of amides is 2. The van der Waals surface area contributed by atoms with Crippen LogP contribution < -0.4 is 15.8 Å². The molecule has 1 fully saturated rings. The van der Waals surface area contributed by atoms with Gasteiger partial charge in [0.15, 0.2) is 0 Å². The fourth-order valence-corrected chi connectivity index (χ4v) is 3.15. The number of nitrogen functional groups attached to an aromatic ring is 1. The zero-order valence-electron chi connectivity index (χ0n) is 14.8. The summed E-state index contributed by atoms with van der Waals surface area (Å²) in [5.74, 6) is -0.192. The molecule has 2 amide bonds. The first-order valence-corrected chi connectivity index (χ1v) is 8.64. The molecule has 0 bridgehead atoms. The highest BCUT2D eigenvalue weighted by Gasteiger charge is 2.33. The van der Waals surface area contributed by atoms with Crippen LogP contribution in [0.4, 0.5) is 5.69 Å². The second-order valence-electron chi connectivity index (χ2n) is 6.13. The lowest BCUT2D eigenvalue weighted by Gasteiger charge is -2.18. The molecular formula is C19H21Cl2N3O3. The number of halogens is 2.